The van der Waals surface area contributed by atoms with E-state index in [1.165, 1.54) is 11.3 Å². The highest BCUT2D eigenvalue weighted by Gasteiger charge is 2.01. The maximum Gasteiger partial charge on any atom is 0.273 e. The quantitative estimate of drug-likeness (QED) is 0.695. The molecule has 0 amide bonds. The van der Waals surface area contributed by atoms with Gasteiger partial charge in [-0.15, -0.1) is 0 Å². The van der Waals surface area contributed by atoms with Crippen molar-refractivity contribution in [3.8, 4) is 16.7 Å². The molecule has 1 aromatic carbocycles. The van der Waals surface area contributed by atoms with Gasteiger partial charge in [0.2, 0.25) is 0 Å². The van der Waals surface area contributed by atoms with Crippen LogP contribution < -0.4 is 14.2 Å². The van der Waals surface area contributed by atoms with Crippen LogP contribution in [0.15, 0.2) is 35.8 Å². The maximum atomic E-state index is 5.71. The summed E-state index contributed by atoms with van der Waals surface area (Å²) in [4.78, 5) is 4.03. The second kappa shape index (κ2) is 7.75. The summed E-state index contributed by atoms with van der Waals surface area (Å²) in [6.07, 6.45) is 2.94. The molecule has 0 radical (unpaired) electrons. The van der Waals surface area contributed by atoms with Crippen molar-refractivity contribution in [3.05, 3.63) is 35.8 Å². The Kier molecular flexibility index (Phi) is 5.68. The van der Waals surface area contributed by atoms with Gasteiger partial charge in [0, 0.05) is 11.6 Å². The molecule has 0 aliphatic heterocycles. The molecule has 1 unspecified atom stereocenters. The summed E-state index contributed by atoms with van der Waals surface area (Å²) in [6.45, 7) is 5.13. The van der Waals surface area contributed by atoms with Gasteiger partial charge in [0.15, 0.2) is 0 Å². The smallest absolute Gasteiger partial charge is 0.273 e. The third-order valence-corrected chi connectivity index (χ3v) is 3.41. The van der Waals surface area contributed by atoms with E-state index in [2.05, 4.69) is 18.8 Å². The van der Waals surface area contributed by atoms with E-state index in [0.717, 1.165) is 17.9 Å². The molecule has 0 saturated heterocycles. The van der Waals surface area contributed by atoms with Gasteiger partial charge in [-0.1, -0.05) is 18.3 Å². The molecular weight excluding hydrogens is 274 g/mol. The highest BCUT2D eigenvalue weighted by atomic mass is 32.1. The summed E-state index contributed by atoms with van der Waals surface area (Å²) in [6, 6.07) is 7.65. The minimum absolute atomic E-state index is 0.230. The van der Waals surface area contributed by atoms with Gasteiger partial charge >= 0.3 is 0 Å². The van der Waals surface area contributed by atoms with Gasteiger partial charge in [0.1, 0.15) is 24.7 Å². The first-order valence-electron chi connectivity index (χ1n) is 6.69. The Labute approximate surface area is 123 Å². The summed E-state index contributed by atoms with van der Waals surface area (Å²) >= 11 is 1.47. The van der Waals surface area contributed by atoms with Crippen LogP contribution in [0.3, 0.4) is 0 Å². The molecule has 0 aliphatic carbocycles. The van der Waals surface area contributed by atoms with Crippen LogP contribution in [0.25, 0.3) is 0 Å². The Morgan fingerprint density at radius 2 is 1.80 bits per heavy atom. The fraction of sp³-hybridized carbons (Fsp3) is 0.400. The van der Waals surface area contributed by atoms with Gasteiger partial charge in [-0.3, -0.25) is 0 Å². The van der Waals surface area contributed by atoms with Gasteiger partial charge in [0.25, 0.3) is 5.19 Å². The number of thiazole rings is 1. The lowest BCUT2D eigenvalue weighted by Crippen LogP contribution is -2.10. The van der Waals surface area contributed by atoms with E-state index >= 15 is 0 Å². The number of nitrogens with zero attached hydrogens (tertiary/aromatic N) is 1. The highest BCUT2D eigenvalue weighted by Crippen LogP contribution is 2.19. The number of ether oxygens (including phenoxy) is 3. The second-order valence-electron chi connectivity index (χ2n) is 4.30. The summed E-state index contributed by atoms with van der Waals surface area (Å²) in [5.41, 5.74) is 0. The van der Waals surface area contributed by atoms with E-state index in [-0.39, 0.29) is 6.10 Å². The monoisotopic (exact) mass is 293 g/mol. The second-order valence-corrected chi connectivity index (χ2v) is 5.16. The minimum Gasteiger partial charge on any atom is -0.491 e. The van der Waals surface area contributed by atoms with Crippen molar-refractivity contribution in [2.24, 2.45) is 0 Å². The standard InChI is InChI=1S/C15H19NO3S/c1-3-12(2)19-14-6-4-13(5-7-14)17-9-10-18-15-16-8-11-20-15/h4-8,11-12H,3,9-10H2,1-2H3. The molecule has 5 heteroatoms. The van der Waals surface area contributed by atoms with Crippen LogP contribution in [0, 0.1) is 0 Å². The molecule has 0 aliphatic rings. The Morgan fingerprint density at radius 3 is 2.45 bits per heavy atom. The lowest BCUT2D eigenvalue weighted by molar-refractivity contribution is 0.212. The van der Waals surface area contributed by atoms with Crippen LogP contribution in [-0.2, 0) is 0 Å². The van der Waals surface area contributed by atoms with Gasteiger partial charge in [0.05, 0.1) is 6.10 Å². The Hall–Kier alpha value is -1.75. The van der Waals surface area contributed by atoms with Gasteiger partial charge in [-0.05, 0) is 37.6 Å². The van der Waals surface area contributed by atoms with Crippen molar-refractivity contribution in [2.45, 2.75) is 26.4 Å². The van der Waals surface area contributed by atoms with Crippen LogP contribution in [-0.4, -0.2) is 24.3 Å². The zero-order valence-corrected chi connectivity index (χ0v) is 12.6. The molecule has 0 spiro atoms. The van der Waals surface area contributed by atoms with Crippen molar-refractivity contribution in [2.75, 3.05) is 13.2 Å². The van der Waals surface area contributed by atoms with Crippen molar-refractivity contribution in [1.29, 1.82) is 0 Å². The van der Waals surface area contributed by atoms with E-state index in [4.69, 9.17) is 14.2 Å². The Bertz CT molecular complexity index is 484. The average molecular weight is 293 g/mol. The fourth-order valence-corrected chi connectivity index (χ4v) is 2.01. The van der Waals surface area contributed by atoms with E-state index in [1.54, 1.807) is 6.20 Å². The van der Waals surface area contributed by atoms with Crippen LogP contribution >= 0.6 is 11.3 Å². The molecule has 0 bridgehead atoms. The molecule has 0 saturated carbocycles. The van der Waals surface area contributed by atoms with Crippen molar-refractivity contribution in [3.63, 3.8) is 0 Å². The van der Waals surface area contributed by atoms with Crippen molar-refractivity contribution >= 4 is 11.3 Å². The van der Waals surface area contributed by atoms with Gasteiger partial charge < -0.3 is 14.2 Å². The molecule has 0 N–H and O–H groups in total. The first-order chi connectivity index (χ1) is 9.78. The molecule has 0 fully saturated rings. The zero-order valence-electron chi connectivity index (χ0n) is 11.7. The number of benzene rings is 1. The minimum atomic E-state index is 0.230. The Morgan fingerprint density at radius 1 is 1.10 bits per heavy atom. The zero-order chi connectivity index (χ0) is 14.2. The van der Waals surface area contributed by atoms with Crippen LogP contribution in [0.5, 0.6) is 16.7 Å². The lowest BCUT2D eigenvalue weighted by Gasteiger charge is -2.13. The molecule has 2 aromatic rings. The summed E-state index contributed by atoms with van der Waals surface area (Å²) in [5, 5.41) is 2.55. The lowest BCUT2D eigenvalue weighted by atomic mass is 10.3. The predicted octanol–water partition coefficient (Wildman–Crippen LogP) is 3.78. The SMILES string of the molecule is CCC(C)Oc1ccc(OCCOc2nccs2)cc1. The fourth-order valence-electron chi connectivity index (χ4n) is 1.50. The summed E-state index contributed by atoms with van der Waals surface area (Å²) < 4.78 is 16.7. The van der Waals surface area contributed by atoms with Gasteiger partial charge in [-0.2, -0.15) is 0 Å². The molecule has 4 nitrogen and oxygen atoms in total. The molecule has 1 heterocycles. The van der Waals surface area contributed by atoms with E-state index in [9.17, 15) is 0 Å². The predicted molar refractivity (Wildman–Crippen MR) is 79.9 cm³/mol. The number of hydrogen-bond acceptors (Lipinski definition) is 5. The number of aromatic nitrogens is 1. The Balaban J connectivity index is 1.70. The van der Waals surface area contributed by atoms with Crippen LogP contribution in [0.2, 0.25) is 0 Å². The normalized spacial score (nSPS) is 11.9. The number of rotatable bonds is 8. The topological polar surface area (TPSA) is 40.6 Å². The van der Waals surface area contributed by atoms with E-state index < -0.39 is 0 Å². The van der Waals surface area contributed by atoms with Crippen molar-refractivity contribution < 1.29 is 14.2 Å². The van der Waals surface area contributed by atoms with Gasteiger partial charge in [-0.25, -0.2) is 4.98 Å². The first kappa shape index (κ1) is 14.7. The molecule has 108 valence electrons. The highest BCUT2D eigenvalue weighted by molar-refractivity contribution is 7.11. The first-order valence-corrected chi connectivity index (χ1v) is 7.57. The molecule has 1 atom stereocenters. The van der Waals surface area contributed by atoms with Crippen LogP contribution in [0.1, 0.15) is 20.3 Å². The average Bonchev–Trinajstić information content (AvgIpc) is 2.98. The number of hydrogen-bond donors (Lipinski definition) is 0. The molecule has 1 aromatic heterocycles. The molecular formula is C15H19NO3S. The largest absolute Gasteiger partial charge is 0.491 e. The summed E-state index contributed by atoms with van der Waals surface area (Å²) in [7, 11) is 0. The summed E-state index contributed by atoms with van der Waals surface area (Å²) in [5.74, 6) is 1.68. The van der Waals surface area contributed by atoms with E-state index in [1.807, 2.05) is 29.6 Å². The molecule has 2 rings (SSSR count). The third kappa shape index (κ3) is 4.74. The molecule has 20 heavy (non-hydrogen) atoms. The third-order valence-electron chi connectivity index (χ3n) is 2.72. The van der Waals surface area contributed by atoms with E-state index in [0.29, 0.717) is 18.4 Å². The van der Waals surface area contributed by atoms with Crippen molar-refractivity contribution in [1.82, 2.24) is 4.98 Å². The van der Waals surface area contributed by atoms with Crippen LogP contribution in [0.4, 0.5) is 0 Å². The maximum absolute atomic E-state index is 5.71.